The molecule has 0 saturated heterocycles. The summed E-state index contributed by atoms with van der Waals surface area (Å²) in [4.78, 5) is 27.2. The molecule has 0 radical (unpaired) electrons. The van der Waals surface area contributed by atoms with Gasteiger partial charge in [-0.2, -0.15) is 0 Å². The summed E-state index contributed by atoms with van der Waals surface area (Å²) in [7, 11) is 0. The number of carbonyl (C=O) groups excluding carboxylic acids is 2. The van der Waals surface area contributed by atoms with Crippen LogP contribution in [0.2, 0.25) is 0 Å². The monoisotopic (exact) mass is 453 g/mol. The highest BCUT2D eigenvalue weighted by Gasteiger charge is 2.56. The lowest BCUT2D eigenvalue weighted by Gasteiger charge is -2.56. The molecule has 9 rings (SSSR count). The summed E-state index contributed by atoms with van der Waals surface area (Å²) >= 11 is 0. The maximum atomic E-state index is 13.6. The third-order valence-electron chi connectivity index (χ3n) is 11.5. The van der Waals surface area contributed by atoms with Gasteiger partial charge in [0.1, 0.15) is 0 Å². The first-order valence-electron chi connectivity index (χ1n) is 14.2. The van der Waals surface area contributed by atoms with Crippen molar-refractivity contribution in [1.29, 1.82) is 0 Å². The molecular weight excluding hydrogens is 410 g/mol. The number of carbonyl (C=O) groups is 2. The molecule has 9 fully saturated rings. The Bertz CT molecular complexity index is 700. The zero-order valence-electron chi connectivity index (χ0n) is 20.2. The van der Waals surface area contributed by atoms with Gasteiger partial charge in [-0.05, 0) is 132 Å². The highest BCUT2D eigenvalue weighted by Crippen LogP contribution is 2.61. The summed E-state index contributed by atoms with van der Waals surface area (Å²) in [6.45, 7) is 0. The van der Waals surface area contributed by atoms with Crippen LogP contribution in [0, 0.1) is 46.3 Å². The Balaban J connectivity index is 1.01. The van der Waals surface area contributed by atoms with E-state index >= 15 is 0 Å². The minimum absolute atomic E-state index is 0.0575. The standard InChI is InChI=1S/C28H43N3O2/c29-22-7-23(30-25(32)27-10-16-1-17(11-27)3-18(2-16)12-27)9-24(8-22)31-26(33)28-13-19-4-20(14-28)6-21(5-19)15-28/h16-24H,1-15,29H2,(H,30,32)(H,31,33). The summed E-state index contributed by atoms with van der Waals surface area (Å²) in [6.07, 6.45) is 17.4. The van der Waals surface area contributed by atoms with E-state index in [-0.39, 0.29) is 29.0 Å². The van der Waals surface area contributed by atoms with Crippen molar-refractivity contribution in [3.05, 3.63) is 0 Å². The van der Waals surface area contributed by atoms with Crippen molar-refractivity contribution >= 4 is 11.8 Å². The van der Waals surface area contributed by atoms with Crippen LogP contribution in [0.3, 0.4) is 0 Å². The molecule has 4 N–H and O–H groups in total. The van der Waals surface area contributed by atoms with Crippen LogP contribution >= 0.6 is 0 Å². The number of nitrogens with two attached hydrogens (primary N) is 1. The Labute approximate surface area is 198 Å². The van der Waals surface area contributed by atoms with Gasteiger partial charge in [0.15, 0.2) is 0 Å². The van der Waals surface area contributed by atoms with Crippen LogP contribution in [0.15, 0.2) is 0 Å². The quantitative estimate of drug-likeness (QED) is 0.604. The molecule has 9 saturated carbocycles. The van der Waals surface area contributed by atoms with Crippen LogP contribution in [0.25, 0.3) is 0 Å². The van der Waals surface area contributed by atoms with E-state index in [0.29, 0.717) is 11.8 Å². The molecule has 9 aliphatic carbocycles. The summed E-state index contributed by atoms with van der Waals surface area (Å²) in [6, 6.07) is 0.272. The van der Waals surface area contributed by atoms with Gasteiger partial charge in [-0.3, -0.25) is 9.59 Å². The van der Waals surface area contributed by atoms with Gasteiger partial charge >= 0.3 is 0 Å². The third kappa shape index (κ3) is 3.58. The SMILES string of the molecule is NC1CC(NC(=O)C23CC4CC(CC(C4)C2)C3)CC(NC(=O)C23CC4CC(CC(C4)C2)C3)C1. The summed E-state index contributed by atoms with van der Waals surface area (Å²) < 4.78 is 0. The van der Waals surface area contributed by atoms with Crippen LogP contribution in [0.5, 0.6) is 0 Å². The molecule has 8 bridgehead atoms. The summed E-state index contributed by atoms with van der Waals surface area (Å²) in [5, 5.41) is 6.95. The molecule has 2 atom stereocenters. The van der Waals surface area contributed by atoms with Gasteiger partial charge in [-0.1, -0.05) is 0 Å². The maximum absolute atomic E-state index is 13.6. The molecule has 0 heterocycles. The zero-order chi connectivity index (χ0) is 22.4. The van der Waals surface area contributed by atoms with Crippen molar-refractivity contribution in [2.45, 2.75) is 114 Å². The van der Waals surface area contributed by atoms with E-state index in [1.807, 2.05) is 0 Å². The predicted octanol–water partition coefficient (Wildman–Crippen LogP) is 3.90. The number of hydrogen-bond acceptors (Lipinski definition) is 3. The molecule has 2 amide bonds. The maximum Gasteiger partial charge on any atom is 0.226 e. The van der Waals surface area contributed by atoms with Crippen LogP contribution < -0.4 is 16.4 Å². The minimum atomic E-state index is -0.103. The molecule has 0 aliphatic heterocycles. The first-order chi connectivity index (χ1) is 15.9. The average Bonchev–Trinajstić information content (AvgIpc) is 2.71. The number of nitrogens with one attached hydrogen (secondary N) is 2. The Morgan fingerprint density at radius 3 is 1.12 bits per heavy atom. The van der Waals surface area contributed by atoms with Gasteiger partial charge < -0.3 is 16.4 Å². The largest absolute Gasteiger partial charge is 0.353 e. The molecule has 0 spiro atoms. The first-order valence-corrected chi connectivity index (χ1v) is 14.2. The van der Waals surface area contributed by atoms with Crippen LogP contribution in [0.1, 0.15) is 96.3 Å². The molecule has 2 unspecified atom stereocenters. The Morgan fingerprint density at radius 1 is 0.515 bits per heavy atom. The van der Waals surface area contributed by atoms with E-state index in [4.69, 9.17) is 5.73 Å². The average molecular weight is 454 g/mol. The molecule has 9 aliphatic rings. The van der Waals surface area contributed by atoms with E-state index < -0.39 is 0 Å². The van der Waals surface area contributed by atoms with Crippen LogP contribution in [0.4, 0.5) is 0 Å². The van der Waals surface area contributed by atoms with Gasteiger partial charge in [-0.15, -0.1) is 0 Å². The Hall–Kier alpha value is -1.10. The van der Waals surface area contributed by atoms with Crippen molar-refractivity contribution in [3.8, 4) is 0 Å². The second kappa shape index (κ2) is 7.45. The Kier molecular flexibility index (Phi) is 4.79. The van der Waals surface area contributed by atoms with Gasteiger partial charge in [0.2, 0.25) is 11.8 Å². The predicted molar refractivity (Wildman–Crippen MR) is 127 cm³/mol. The van der Waals surface area contributed by atoms with E-state index in [2.05, 4.69) is 10.6 Å². The smallest absolute Gasteiger partial charge is 0.226 e. The molecule has 0 aromatic rings. The van der Waals surface area contributed by atoms with Crippen molar-refractivity contribution in [2.75, 3.05) is 0 Å². The van der Waals surface area contributed by atoms with Crippen LogP contribution in [-0.2, 0) is 9.59 Å². The zero-order valence-corrected chi connectivity index (χ0v) is 20.2. The minimum Gasteiger partial charge on any atom is -0.353 e. The number of hydrogen-bond donors (Lipinski definition) is 3. The lowest BCUT2D eigenvalue weighted by molar-refractivity contribution is -0.148. The van der Waals surface area contributed by atoms with Gasteiger partial charge in [0, 0.05) is 29.0 Å². The molecule has 182 valence electrons. The van der Waals surface area contributed by atoms with Crippen molar-refractivity contribution in [3.63, 3.8) is 0 Å². The van der Waals surface area contributed by atoms with E-state index in [1.165, 1.54) is 38.5 Å². The molecule has 33 heavy (non-hydrogen) atoms. The topological polar surface area (TPSA) is 84.2 Å². The highest BCUT2D eigenvalue weighted by molar-refractivity contribution is 5.84. The lowest BCUT2D eigenvalue weighted by atomic mass is 9.49. The molecule has 0 aromatic heterocycles. The summed E-state index contributed by atoms with van der Waals surface area (Å²) in [5.41, 5.74) is 6.27. The summed E-state index contributed by atoms with van der Waals surface area (Å²) in [5.74, 6) is 5.31. The molecule has 5 heteroatoms. The van der Waals surface area contributed by atoms with Gasteiger partial charge in [0.05, 0.1) is 0 Å². The fourth-order valence-corrected chi connectivity index (χ4v) is 11.1. The van der Waals surface area contributed by atoms with Gasteiger partial charge in [-0.25, -0.2) is 0 Å². The molecule has 0 aromatic carbocycles. The first kappa shape index (κ1) is 21.2. The van der Waals surface area contributed by atoms with E-state index in [9.17, 15) is 9.59 Å². The normalized spacial score (nSPS) is 53.8. The molecule has 5 nitrogen and oxygen atoms in total. The van der Waals surface area contributed by atoms with Crippen molar-refractivity contribution < 1.29 is 9.59 Å². The van der Waals surface area contributed by atoms with E-state index in [1.54, 1.807) is 0 Å². The fourth-order valence-electron chi connectivity index (χ4n) is 11.1. The number of rotatable bonds is 4. The second-order valence-corrected chi connectivity index (χ2v) is 14.2. The van der Waals surface area contributed by atoms with Crippen LogP contribution in [-0.4, -0.2) is 29.9 Å². The van der Waals surface area contributed by atoms with Crippen molar-refractivity contribution in [2.24, 2.45) is 52.1 Å². The number of amides is 2. The fraction of sp³-hybridized carbons (Fsp3) is 0.929. The van der Waals surface area contributed by atoms with Crippen molar-refractivity contribution in [1.82, 2.24) is 10.6 Å². The lowest BCUT2D eigenvalue weighted by Crippen LogP contribution is -2.59. The van der Waals surface area contributed by atoms with Gasteiger partial charge in [0.25, 0.3) is 0 Å². The Morgan fingerprint density at radius 2 is 0.818 bits per heavy atom. The third-order valence-corrected chi connectivity index (χ3v) is 11.5. The van der Waals surface area contributed by atoms with E-state index in [0.717, 1.165) is 93.3 Å². The highest BCUT2D eigenvalue weighted by atomic mass is 16.2. The molecular formula is C28H43N3O2. The second-order valence-electron chi connectivity index (χ2n) is 14.2.